The maximum atomic E-state index is 9.42. The van der Waals surface area contributed by atoms with Gasteiger partial charge in [-0.3, -0.25) is 0 Å². The third-order valence-electron chi connectivity index (χ3n) is 15.3. The number of para-hydroxylation sites is 4. The number of aryl methyl sites for hydroxylation is 3. The van der Waals surface area contributed by atoms with Crippen LogP contribution < -0.4 is 98.2 Å². The van der Waals surface area contributed by atoms with Gasteiger partial charge in [-0.25, -0.2) is 0 Å². The molecule has 0 amide bonds. The molecule has 4 nitrogen and oxygen atoms in total. The molecule has 0 saturated carbocycles. The van der Waals surface area contributed by atoms with Crippen LogP contribution in [0.15, 0.2) is 291 Å². The Balaban J connectivity index is 0.000000272. The fourth-order valence-corrected chi connectivity index (χ4v) is 12.0. The standard InChI is InChI=1S/C46H41AtClN3.C19H24.C18H12Cl3N.2HI.K/c1-33-15-23-39(24-16-33)50(40-25-17-34(2)18-26-40)44-31-43(49(37-11-7-5-8-12-37)38-13-9-6-10-14-38)32-45(46(44)48)51(41-27-19-35(3)20-28-41)42-29-21-36(47-4)22-30-42;1-5-19(3,4)18-12-10-17(11-13-18)14-16-8-6-15(2)7-9-16;19-16-11-15(12-17(20)18(16)21)22(13-7-3-1-4-8-13)14-9-5-2-6-10-14;;;/h5-32,47H,1-4H3;6-13H,5,14H2,1-4H3;1-12H;2*1H;/q;;;;;+1/p-1/i15D,16D,21D,22D,23D,24D,29D,30D;10D,11D,12D,13D;;;;. The van der Waals surface area contributed by atoms with E-state index in [1.807, 2.05) is 269 Å². The maximum absolute atomic E-state index is 9.42. The van der Waals surface area contributed by atoms with Crippen molar-refractivity contribution in [3.8, 4) is 0 Å². The normalized spacial score (nSPS) is 12.4. The monoisotopic (exact) mass is 1790 g/mol. The average Bonchev–Trinajstić information content (AvgIpc) is 0.736. The first kappa shape index (κ1) is 61.1. The zero-order valence-electron chi connectivity index (χ0n) is 66.2. The van der Waals surface area contributed by atoms with Crippen molar-refractivity contribution < 1.29 is 115 Å². The first-order valence-corrected chi connectivity index (χ1v) is 36.3. The SMILES string of the molecule is Clc1cc(N(c2ccccc2)c2ccccc2)cc(Cl)c1Cl.I.[2H]c1c([2H])c(C(C)(C)CC)c([2H])c([2H])c1Cc1ccc(C)cc1.[2H]c1c([2H])c(N(c2ccc(C)cc2)c2cc(N(c3ccccc3)c3ccccc3)cc(N(c3ccc(C)cc3)c3c([2H])c([2H])c([AtH]C)c([2H])c3[2H])c2Cl)c([2H])c([2H])c1C.[I-].[K+]. The van der Waals surface area contributed by atoms with Crippen LogP contribution in [0.1, 0.15) is 82.6 Å². The smallest absolute Gasteiger partial charge is 1.00 e. The van der Waals surface area contributed by atoms with Crippen LogP contribution in [-0.2, 0) is 11.8 Å². The molecule has 0 radical (unpaired) electrons. The second-order valence-electron chi connectivity index (χ2n) is 22.5. The van der Waals surface area contributed by atoms with Crippen LogP contribution in [-0.4, -0.2) is 0 Å². The van der Waals surface area contributed by atoms with Gasteiger partial charge in [0.25, 0.3) is 0 Å². The molecule has 0 aliphatic carbocycles. The molecule has 12 rings (SSSR count). The van der Waals surface area contributed by atoms with Crippen LogP contribution in [0.3, 0.4) is 0 Å². The summed E-state index contributed by atoms with van der Waals surface area (Å²) in [6.45, 7) is 13.4. The van der Waals surface area contributed by atoms with Gasteiger partial charge in [0.1, 0.15) is 0 Å². The molecular formula is C83H78AtCl4I2KN4. The summed E-state index contributed by atoms with van der Waals surface area (Å²) in [7, 11) is 0. The van der Waals surface area contributed by atoms with E-state index in [4.69, 9.17) is 57.4 Å². The predicted molar refractivity (Wildman–Crippen MR) is 412 cm³/mol. The van der Waals surface area contributed by atoms with Crippen LogP contribution in [0.2, 0.25) is 24.7 Å². The van der Waals surface area contributed by atoms with Crippen LogP contribution in [0.5, 0.6) is 0 Å². The minimum atomic E-state index is -1.38. The van der Waals surface area contributed by atoms with Crippen LogP contribution in [0.25, 0.3) is 0 Å². The predicted octanol–water partition coefficient (Wildman–Crippen LogP) is 20.2. The molecule has 12 aromatic carbocycles. The van der Waals surface area contributed by atoms with E-state index < -0.39 is 23.2 Å². The molecule has 0 N–H and O–H groups in total. The van der Waals surface area contributed by atoms with Crippen LogP contribution in [0, 0.1) is 50.9 Å². The van der Waals surface area contributed by atoms with Crippen molar-refractivity contribution in [3.63, 3.8) is 0 Å². The van der Waals surface area contributed by atoms with Gasteiger partial charge in [-0.05, 0) is 92.1 Å². The van der Waals surface area contributed by atoms with Gasteiger partial charge in [0.15, 0.2) is 0 Å². The van der Waals surface area contributed by atoms with Crippen LogP contribution >= 0.6 is 70.4 Å². The fraction of sp³-hybridized carbons (Fsp3) is 0.133. The molecule has 0 aromatic heterocycles. The van der Waals surface area contributed by atoms with E-state index in [0.29, 0.717) is 58.6 Å². The molecule has 480 valence electrons. The third kappa shape index (κ3) is 20.3. The molecule has 0 aliphatic heterocycles. The van der Waals surface area contributed by atoms with E-state index in [0.717, 1.165) is 57.1 Å². The summed E-state index contributed by atoms with van der Waals surface area (Å²) in [4.78, 5) is 7.40. The third-order valence-corrected chi connectivity index (χ3v) is 19.3. The molecule has 0 aliphatic rings. The Hall–Kier alpha value is -5.02. The van der Waals surface area contributed by atoms with Crippen molar-refractivity contribution in [2.75, 3.05) is 19.6 Å². The molecule has 0 unspecified atom stereocenters. The minimum absolute atomic E-state index is 0. The zero-order chi connectivity index (χ0) is 75.2. The molecule has 0 heterocycles. The quantitative estimate of drug-likeness (QED) is 0.0512. The molecule has 0 bridgehead atoms. The van der Waals surface area contributed by atoms with E-state index in [-0.39, 0.29) is 205 Å². The molecule has 0 spiro atoms. The molecule has 12 heteroatoms. The van der Waals surface area contributed by atoms with Gasteiger partial charge in [0, 0.05) is 17.1 Å². The molecule has 95 heavy (non-hydrogen) atoms. The first-order valence-electron chi connectivity index (χ1n) is 36.0. The summed E-state index contributed by atoms with van der Waals surface area (Å²) in [5, 5.41) is 1.33. The summed E-state index contributed by atoms with van der Waals surface area (Å²) < 4.78 is 109. The Labute approximate surface area is 689 Å². The van der Waals surface area contributed by atoms with Crippen molar-refractivity contribution in [1.29, 1.82) is 0 Å². The van der Waals surface area contributed by atoms with Crippen molar-refractivity contribution in [1.82, 2.24) is 0 Å². The van der Waals surface area contributed by atoms with Crippen molar-refractivity contribution in [2.24, 2.45) is 0 Å². The Morgan fingerprint density at radius 1 is 0.368 bits per heavy atom. The summed E-state index contributed by atoms with van der Waals surface area (Å²) in [6, 6.07) is 68.6. The van der Waals surface area contributed by atoms with Crippen molar-refractivity contribution in [3.05, 3.63) is 350 Å². The Kier molecular flexibility index (Phi) is 24.0. The van der Waals surface area contributed by atoms with Gasteiger partial charge in [0.05, 0.1) is 23.3 Å². The minimum Gasteiger partial charge on any atom is -1.00 e. The van der Waals surface area contributed by atoms with Crippen molar-refractivity contribution >= 4 is 142 Å². The number of halogens is 6. The van der Waals surface area contributed by atoms with Gasteiger partial charge in [-0.15, -0.1) is 24.0 Å². The molecule has 0 saturated heterocycles. The second kappa shape index (κ2) is 37.2. The number of hydrogen-bond donors (Lipinski definition) is 0. The number of benzene rings is 12. The van der Waals surface area contributed by atoms with Gasteiger partial charge < -0.3 is 28.9 Å². The molecule has 0 atom stereocenters. The fourth-order valence-electron chi connectivity index (χ4n) is 9.91. The Morgan fingerprint density at radius 2 is 0.705 bits per heavy atom. The van der Waals surface area contributed by atoms with Gasteiger partial charge in [-0.2, -0.15) is 0 Å². The number of nitrogens with zero attached hydrogens (tertiary/aromatic N) is 4. The summed E-state index contributed by atoms with van der Waals surface area (Å²) >= 11 is 24.8. The Bertz CT molecular complexity index is 4900. The summed E-state index contributed by atoms with van der Waals surface area (Å²) in [5.74, 6) is 0. The summed E-state index contributed by atoms with van der Waals surface area (Å²) in [6.07, 6.45) is 1.18. The topological polar surface area (TPSA) is 13.0 Å². The van der Waals surface area contributed by atoms with E-state index >= 15 is 0 Å². The number of anilines is 12. The summed E-state index contributed by atoms with van der Waals surface area (Å²) in [5.41, 5.74) is 11.6. The van der Waals surface area contributed by atoms with Crippen LogP contribution in [0.4, 0.5) is 68.2 Å². The number of rotatable bonds is 17. The second-order valence-corrected chi connectivity index (χ2v) is 27.2. The van der Waals surface area contributed by atoms with E-state index in [1.54, 1.807) is 16.7 Å². The van der Waals surface area contributed by atoms with Gasteiger partial charge in [-0.1, -0.05) is 169 Å². The first-order chi connectivity index (χ1) is 49.6. The Morgan fingerprint density at radius 3 is 1.06 bits per heavy atom. The van der Waals surface area contributed by atoms with E-state index in [9.17, 15) is 5.48 Å². The van der Waals surface area contributed by atoms with E-state index in [1.165, 1.54) is 0 Å². The van der Waals surface area contributed by atoms with Crippen molar-refractivity contribution in [2.45, 2.75) is 71.4 Å². The molecular weight excluding hydrogens is 1700 g/mol. The zero-order valence-corrected chi connectivity index (χ0v) is 68.0. The molecule has 12 aromatic rings. The van der Waals surface area contributed by atoms with Gasteiger partial charge >= 0.3 is 343 Å². The van der Waals surface area contributed by atoms with Gasteiger partial charge in [0.2, 0.25) is 0 Å². The number of hydrogen-bond acceptors (Lipinski definition) is 4. The molecule has 0 fully saturated rings. The van der Waals surface area contributed by atoms with E-state index in [2.05, 4.69) is 4.90 Å². The average molecular weight is 1790 g/mol.